The first-order valence-corrected chi connectivity index (χ1v) is 12.5. The first-order chi connectivity index (χ1) is 18.1. The molecule has 12 heteroatoms. The van der Waals surface area contributed by atoms with E-state index in [2.05, 4.69) is 42.2 Å². The molecule has 3 aromatic heterocycles. The maximum absolute atomic E-state index is 13.6. The first kappa shape index (κ1) is 25.7. The number of benzene rings is 1. The summed E-state index contributed by atoms with van der Waals surface area (Å²) in [5.74, 6) is -2.66. The molecule has 2 atom stereocenters. The van der Waals surface area contributed by atoms with Crippen LogP contribution in [0.2, 0.25) is 0 Å². The molecule has 1 aliphatic heterocycles. The number of aryl methyl sites for hydroxylation is 1. The minimum absolute atomic E-state index is 0.0527. The van der Waals surface area contributed by atoms with Crippen LogP contribution >= 0.6 is 0 Å². The third-order valence-corrected chi connectivity index (χ3v) is 7.07. The summed E-state index contributed by atoms with van der Waals surface area (Å²) in [6.45, 7) is 7.98. The summed E-state index contributed by atoms with van der Waals surface area (Å²) in [5.41, 5.74) is 3.43. The number of alkyl halides is 2. The SMILES string of the molecule is Cc1noc(-c2ccc3nc(Nc4cc(C(C)N5CCN(C(=O)C(C)C(C)(F)F)CC5)ccn4)[nH]c3c2)n1. The number of carbonyl (C=O) groups is 1. The number of amides is 1. The van der Waals surface area contributed by atoms with Crippen LogP contribution in [0.4, 0.5) is 20.5 Å². The molecule has 38 heavy (non-hydrogen) atoms. The average molecular weight is 525 g/mol. The second-order valence-corrected chi connectivity index (χ2v) is 9.78. The van der Waals surface area contributed by atoms with Crippen molar-refractivity contribution in [2.45, 2.75) is 39.7 Å². The molecule has 1 saturated heterocycles. The highest BCUT2D eigenvalue weighted by atomic mass is 19.3. The van der Waals surface area contributed by atoms with E-state index < -0.39 is 17.7 Å². The number of hydrogen-bond donors (Lipinski definition) is 2. The van der Waals surface area contributed by atoms with Crippen molar-refractivity contribution in [1.82, 2.24) is 34.9 Å². The van der Waals surface area contributed by atoms with Gasteiger partial charge in [-0.2, -0.15) is 4.98 Å². The number of pyridine rings is 1. The van der Waals surface area contributed by atoms with E-state index in [0.717, 1.165) is 29.1 Å². The lowest BCUT2D eigenvalue weighted by molar-refractivity contribution is -0.148. The fourth-order valence-electron chi connectivity index (χ4n) is 4.54. The lowest BCUT2D eigenvalue weighted by Crippen LogP contribution is -2.52. The van der Waals surface area contributed by atoms with Crippen LogP contribution < -0.4 is 5.32 Å². The minimum Gasteiger partial charge on any atom is -0.340 e. The molecule has 2 unspecified atom stereocenters. The van der Waals surface area contributed by atoms with E-state index in [4.69, 9.17) is 4.52 Å². The summed E-state index contributed by atoms with van der Waals surface area (Å²) in [5, 5.41) is 7.07. The number of imidazole rings is 1. The molecule has 1 aliphatic rings. The lowest BCUT2D eigenvalue weighted by atomic mass is 10.0. The topological polar surface area (TPSA) is 116 Å². The van der Waals surface area contributed by atoms with Gasteiger partial charge in [0, 0.05) is 50.9 Å². The van der Waals surface area contributed by atoms with Gasteiger partial charge in [-0.3, -0.25) is 9.69 Å². The van der Waals surface area contributed by atoms with Crippen molar-refractivity contribution < 1.29 is 18.1 Å². The van der Waals surface area contributed by atoms with Gasteiger partial charge in [-0.1, -0.05) is 5.16 Å². The molecule has 2 N–H and O–H groups in total. The highest BCUT2D eigenvalue weighted by molar-refractivity contribution is 5.82. The van der Waals surface area contributed by atoms with E-state index >= 15 is 0 Å². The van der Waals surface area contributed by atoms with Crippen molar-refractivity contribution in [2.75, 3.05) is 31.5 Å². The van der Waals surface area contributed by atoms with Crippen molar-refractivity contribution in [3.8, 4) is 11.5 Å². The normalized spacial score (nSPS) is 16.5. The van der Waals surface area contributed by atoms with Crippen molar-refractivity contribution in [3.63, 3.8) is 0 Å². The Morgan fingerprint density at radius 1 is 1.13 bits per heavy atom. The van der Waals surface area contributed by atoms with Crippen molar-refractivity contribution in [2.24, 2.45) is 5.92 Å². The summed E-state index contributed by atoms with van der Waals surface area (Å²) in [7, 11) is 0. The molecule has 1 amide bonds. The molecule has 0 aliphatic carbocycles. The highest BCUT2D eigenvalue weighted by Gasteiger charge is 2.39. The van der Waals surface area contributed by atoms with Gasteiger partial charge in [0.1, 0.15) is 5.82 Å². The van der Waals surface area contributed by atoms with Crippen LogP contribution in [0.5, 0.6) is 0 Å². The monoisotopic (exact) mass is 524 g/mol. The third kappa shape index (κ3) is 5.35. The number of aromatic amines is 1. The number of halogens is 2. The molecular weight excluding hydrogens is 494 g/mol. The number of piperazine rings is 1. The number of aromatic nitrogens is 5. The van der Waals surface area contributed by atoms with E-state index in [1.807, 2.05) is 30.3 Å². The van der Waals surface area contributed by atoms with Gasteiger partial charge >= 0.3 is 0 Å². The number of H-pyrrole nitrogens is 1. The highest BCUT2D eigenvalue weighted by Crippen LogP contribution is 2.28. The smallest absolute Gasteiger partial charge is 0.257 e. The number of rotatable bonds is 7. The van der Waals surface area contributed by atoms with Crippen LogP contribution in [-0.4, -0.2) is 72.9 Å². The van der Waals surface area contributed by atoms with Gasteiger partial charge in [-0.25, -0.2) is 18.7 Å². The van der Waals surface area contributed by atoms with E-state index in [9.17, 15) is 13.6 Å². The van der Waals surface area contributed by atoms with Gasteiger partial charge in [0.05, 0.1) is 17.0 Å². The number of fused-ring (bicyclic) bond motifs is 1. The van der Waals surface area contributed by atoms with Crippen molar-refractivity contribution in [3.05, 3.63) is 47.9 Å². The molecule has 0 radical (unpaired) electrons. The fourth-order valence-corrected chi connectivity index (χ4v) is 4.54. The Labute approximate surface area is 218 Å². The van der Waals surface area contributed by atoms with Crippen LogP contribution in [0.25, 0.3) is 22.5 Å². The van der Waals surface area contributed by atoms with Crippen LogP contribution in [0.15, 0.2) is 41.1 Å². The fraction of sp³-hybridized carbons (Fsp3) is 0.423. The van der Waals surface area contributed by atoms with Gasteiger partial charge in [-0.15, -0.1) is 0 Å². The van der Waals surface area contributed by atoms with Crippen LogP contribution in [0.1, 0.15) is 38.2 Å². The van der Waals surface area contributed by atoms with E-state index in [1.165, 1.54) is 11.8 Å². The van der Waals surface area contributed by atoms with Gasteiger partial charge in [0.2, 0.25) is 11.9 Å². The Morgan fingerprint density at radius 2 is 1.89 bits per heavy atom. The van der Waals surface area contributed by atoms with E-state index in [1.54, 1.807) is 13.1 Å². The number of nitrogens with zero attached hydrogens (tertiary/aromatic N) is 6. The molecule has 200 valence electrons. The van der Waals surface area contributed by atoms with Gasteiger partial charge in [0.25, 0.3) is 11.8 Å². The van der Waals surface area contributed by atoms with Crippen LogP contribution in [0, 0.1) is 12.8 Å². The maximum atomic E-state index is 13.6. The van der Waals surface area contributed by atoms with Gasteiger partial charge in [-0.05, 0) is 56.7 Å². The number of anilines is 2. The number of hydrogen-bond acceptors (Lipinski definition) is 8. The third-order valence-electron chi connectivity index (χ3n) is 7.07. The second kappa shape index (κ2) is 10.1. The molecule has 10 nitrogen and oxygen atoms in total. The Bertz CT molecular complexity index is 1440. The summed E-state index contributed by atoms with van der Waals surface area (Å²) >= 11 is 0. The number of carbonyl (C=O) groups excluding carboxylic acids is 1. The average Bonchev–Trinajstić information content (AvgIpc) is 3.52. The molecule has 5 rings (SSSR count). The van der Waals surface area contributed by atoms with Crippen molar-refractivity contribution >= 4 is 28.7 Å². The zero-order valence-electron chi connectivity index (χ0n) is 21.7. The molecule has 1 aromatic carbocycles. The second-order valence-electron chi connectivity index (χ2n) is 9.78. The zero-order valence-corrected chi connectivity index (χ0v) is 21.7. The Kier molecular flexibility index (Phi) is 6.82. The van der Waals surface area contributed by atoms with Gasteiger partial charge in [0.15, 0.2) is 5.82 Å². The molecular formula is C26H30F2N8O2. The zero-order chi connectivity index (χ0) is 27.0. The van der Waals surface area contributed by atoms with Crippen LogP contribution in [-0.2, 0) is 4.79 Å². The largest absolute Gasteiger partial charge is 0.340 e. The standard InChI is InChI=1S/C26H30F2N8O2/c1-15(26(4,27)28)24(37)36-11-9-35(10-12-36)16(2)18-7-8-29-22(14-18)33-25-31-20-6-5-19(13-21(20)32-25)23-30-17(3)34-38-23/h5-8,13-16H,9-12H2,1-4H3,(H2,29,31,32,33). The first-order valence-electron chi connectivity index (χ1n) is 12.5. The quantitative estimate of drug-likeness (QED) is 0.362. The molecule has 0 spiro atoms. The summed E-state index contributed by atoms with van der Waals surface area (Å²) in [4.78, 5) is 32.8. The molecule has 0 saturated carbocycles. The van der Waals surface area contributed by atoms with Crippen molar-refractivity contribution in [1.29, 1.82) is 0 Å². The summed E-state index contributed by atoms with van der Waals surface area (Å²) < 4.78 is 32.5. The molecule has 0 bridgehead atoms. The predicted octanol–water partition coefficient (Wildman–Crippen LogP) is 4.56. The summed E-state index contributed by atoms with van der Waals surface area (Å²) in [6, 6.07) is 9.62. The minimum atomic E-state index is -3.03. The molecule has 4 aromatic rings. The Balaban J connectivity index is 1.24. The maximum Gasteiger partial charge on any atom is 0.257 e. The predicted molar refractivity (Wildman–Crippen MR) is 138 cm³/mol. The lowest BCUT2D eigenvalue weighted by Gasteiger charge is -2.39. The number of nitrogens with one attached hydrogen (secondary N) is 2. The van der Waals surface area contributed by atoms with Crippen LogP contribution in [0.3, 0.4) is 0 Å². The summed E-state index contributed by atoms with van der Waals surface area (Å²) in [6.07, 6.45) is 1.73. The molecule has 4 heterocycles. The van der Waals surface area contributed by atoms with E-state index in [0.29, 0.717) is 49.7 Å². The van der Waals surface area contributed by atoms with E-state index in [-0.39, 0.29) is 6.04 Å². The van der Waals surface area contributed by atoms with Gasteiger partial charge < -0.3 is 19.7 Å². The Morgan fingerprint density at radius 3 is 2.58 bits per heavy atom. The Hall–Kier alpha value is -3.93. The molecule has 1 fully saturated rings.